The van der Waals surface area contributed by atoms with Crippen LogP contribution in [0.15, 0.2) is 72.9 Å². The van der Waals surface area contributed by atoms with Gasteiger partial charge in [-0.05, 0) is 83.5 Å². The smallest absolute Gasteiger partial charge is 0.361 e. The van der Waals surface area contributed by atoms with E-state index in [-0.39, 0.29) is 38.2 Å². The van der Waals surface area contributed by atoms with E-state index >= 15 is 0 Å². The van der Waals surface area contributed by atoms with Crippen molar-refractivity contribution in [1.82, 2.24) is 0 Å². The van der Waals surface area contributed by atoms with Crippen molar-refractivity contribution in [2.75, 3.05) is 47.5 Å². The number of allylic oxidation sites excluding steroid dienone is 12. The predicted octanol–water partition coefficient (Wildman–Crippen LogP) is 23.3. The van der Waals surface area contributed by atoms with Gasteiger partial charge in [-0.3, -0.25) is 9.59 Å². The summed E-state index contributed by atoms with van der Waals surface area (Å²) in [5.74, 6) is -1.98. The number of hydrogen-bond donors (Lipinski definition) is 1. The molecule has 9 heteroatoms. The number of carbonyl (C=O) groups excluding carboxylic acids is 2. The molecule has 0 amide bonds. The van der Waals surface area contributed by atoms with Crippen LogP contribution in [0.1, 0.15) is 348 Å². The molecule has 506 valence electrons. The average molecular weight is 1220 g/mol. The van der Waals surface area contributed by atoms with Crippen molar-refractivity contribution < 1.29 is 42.9 Å². The number of unbranched alkanes of at least 4 members (excludes halogenated alkanes) is 42. The zero-order valence-electron chi connectivity index (χ0n) is 57.9. The maximum atomic E-state index is 13.0. The molecule has 0 aromatic carbocycles. The van der Waals surface area contributed by atoms with Gasteiger partial charge >= 0.3 is 17.9 Å². The molecule has 0 heterocycles. The Morgan fingerprint density at radius 3 is 0.977 bits per heavy atom. The van der Waals surface area contributed by atoms with Crippen LogP contribution in [0, 0.1) is 0 Å². The zero-order valence-corrected chi connectivity index (χ0v) is 57.9. The minimum absolute atomic E-state index is 0.179. The molecule has 0 radical (unpaired) electrons. The predicted molar refractivity (Wildman–Crippen MR) is 373 cm³/mol. The van der Waals surface area contributed by atoms with Crippen LogP contribution in [0.4, 0.5) is 0 Å². The summed E-state index contributed by atoms with van der Waals surface area (Å²) in [7, 11) is 5.99. The van der Waals surface area contributed by atoms with Crippen molar-refractivity contribution in [2.45, 2.75) is 360 Å². The van der Waals surface area contributed by atoms with Gasteiger partial charge in [0, 0.05) is 12.8 Å². The lowest BCUT2D eigenvalue weighted by molar-refractivity contribution is -0.870. The summed E-state index contributed by atoms with van der Waals surface area (Å²) in [5.41, 5.74) is 0. The van der Waals surface area contributed by atoms with E-state index in [1.807, 2.05) is 21.1 Å². The van der Waals surface area contributed by atoms with E-state index in [0.717, 1.165) is 70.6 Å². The third kappa shape index (κ3) is 70.1. The first-order chi connectivity index (χ1) is 42.6. The molecule has 0 spiro atoms. The third-order valence-corrected chi connectivity index (χ3v) is 16.4. The van der Waals surface area contributed by atoms with E-state index < -0.39 is 18.4 Å². The molecule has 0 aliphatic rings. The Bertz CT molecular complexity index is 1660. The molecule has 0 aromatic rings. The van der Waals surface area contributed by atoms with Gasteiger partial charge in [0.05, 0.1) is 34.4 Å². The van der Waals surface area contributed by atoms with Crippen LogP contribution in [0.3, 0.4) is 0 Å². The SMILES string of the molecule is CC/C=C\C/C=C\C/C=C\C/C=C\CCCCCCCCCCCCCCCCCCCCCCCCCCC(=O)OC(COC(=O)CCCCCCCCCCCCCCC/C=C\C/C=C\CCCCCCC)COC(OCC[N+](C)(C)C)C(=O)O. The second-order valence-corrected chi connectivity index (χ2v) is 26.2. The quantitative estimate of drug-likeness (QED) is 0.0211. The number of nitrogens with zero attached hydrogens (tertiary/aromatic N) is 1. The number of hydrogen-bond acceptors (Lipinski definition) is 7. The highest BCUT2D eigenvalue weighted by atomic mass is 16.7. The topological polar surface area (TPSA) is 108 Å². The fourth-order valence-electron chi connectivity index (χ4n) is 10.8. The van der Waals surface area contributed by atoms with E-state index in [2.05, 4.69) is 86.8 Å². The molecule has 1 N–H and O–H groups in total. The number of likely N-dealkylation sites (N-methyl/N-ethyl adjacent to an activating group) is 1. The lowest BCUT2D eigenvalue weighted by Gasteiger charge is -2.25. The molecule has 0 aliphatic heterocycles. The van der Waals surface area contributed by atoms with Crippen molar-refractivity contribution in [3.8, 4) is 0 Å². The first-order valence-electron chi connectivity index (χ1n) is 37.1. The molecular weight excluding hydrogens is 1080 g/mol. The summed E-state index contributed by atoms with van der Waals surface area (Å²) in [6.45, 7) is 4.81. The summed E-state index contributed by atoms with van der Waals surface area (Å²) < 4.78 is 23.0. The van der Waals surface area contributed by atoms with Crippen molar-refractivity contribution in [2.24, 2.45) is 0 Å². The number of carboxylic acid groups (broad SMARTS) is 1. The number of quaternary nitrogens is 1. The van der Waals surface area contributed by atoms with Crippen molar-refractivity contribution >= 4 is 17.9 Å². The van der Waals surface area contributed by atoms with Gasteiger partial charge in [0.1, 0.15) is 13.2 Å². The van der Waals surface area contributed by atoms with Gasteiger partial charge in [-0.25, -0.2) is 4.79 Å². The highest BCUT2D eigenvalue weighted by Gasteiger charge is 2.25. The maximum absolute atomic E-state index is 13.0. The van der Waals surface area contributed by atoms with Gasteiger partial charge in [-0.2, -0.15) is 0 Å². The molecule has 87 heavy (non-hydrogen) atoms. The molecule has 0 bridgehead atoms. The number of esters is 2. The first-order valence-corrected chi connectivity index (χ1v) is 37.1. The first kappa shape index (κ1) is 83.7. The van der Waals surface area contributed by atoms with E-state index in [0.29, 0.717) is 17.4 Å². The second kappa shape index (κ2) is 68.6. The Kier molecular flexibility index (Phi) is 66.1. The van der Waals surface area contributed by atoms with Crippen LogP contribution in [0.25, 0.3) is 0 Å². The molecule has 9 nitrogen and oxygen atoms in total. The molecule has 0 fully saturated rings. The van der Waals surface area contributed by atoms with Crippen LogP contribution < -0.4 is 0 Å². The number of ether oxygens (including phenoxy) is 4. The standard InChI is InChI=1S/C78H141NO8/c1-6-8-10-12-14-16-18-20-22-24-26-28-30-32-33-34-35-36-37-38-39-40-41-42-43-45-47-49-51-53-55-57-59-61-63-65-67-69-76(81)87-74(73-86-78(77(82)83)84-71-70-79(3,4)5)72-85-75(80)68-66-64-62-60-58-56-54-52-50-48-46-44-31-29-27-25-23-21-19-17-15-13-11-9-7-2/h8,10,14,16,19-22,25-28,74,78H,6-7,9,11-13,15,17-18,23-24,29-73H2,1-5H3/p+1/b10-8-,16-14-,21-19-,22-20-,27-25-,28-26-. The molecule has 0 aliphatic carbocycles. The lowest BCUT2D eigenvalue weighted by atomic mass is 10.0. The summed E-state index contributed by atoms with van der Waals surface area (Å²) in [6, 6.07) is 0. The fraction of sp³-hybridized carbons (Fsp3) is 0.808. The van der Waals surface area contributed by atoms with E-state index in [1.54, 1.807) is 0 Å². The zero-order chi connectivity index (χ0) is 63.3. The summed E-state index contributed by atoms with van der Waals surface area (Å²) in [5, 5.41) is 9.76. The minimum Gasteiger partial charge on any atom is -0.477 e. The number of carboxylic acids is 1. The summed E-state index contributed by atoms with van der Waals surface area (Å²) in [4.78, 5) is 37.7. The highest BCUT2D eigenvalue weighted by molar-refractivity contribution is 5.71. The molecule has 2 atom stereocenters. The van der Waals surface area contributed by atoms with Gasteiger partial charge in [0.15, 0.2) is 6.10 Å². The van der Waals surface area contributed by atoms with Gasteiger partial charge in [0.2, 0.25) is 0 Å². The normalized spacial score (nSPS) is 13.1. The second-order valence-electron chi connectivity index (χ2n) is 26.2. The Morgan fingerprint density at radius 1 is 0.356 bits per heavy atom. The van der Waals surface area contributed by atoms with E-state index in [1.165, 1.54) is 250 Å². The third-order valence-electron chi connectivity index (χ3n) is 16.4. The van der Waals surface area contributed by atoms with Crippen LogP contribution >= 0.6 is 0 Å². The van der Waals surface area contributed by atoms with Gasteiger partial charge in [-0.15, -0.1) is 0 Å². The number of aliphatic carboxylic acids is 1. The van der Waals surface area contributed by atoms with Crippen LogP contribution in [-0.2, 0) is 33.3 Å². The Morgan fingerprint density at radius 2 is 0.655 bits per heavy atom. The Hall–Kier alpha value is -3.27. The molecule has 2 unspecified atom stereocenters. The molecular formula is C78H142NO8+. The van der Waals surface area contributed by atoms with E-state index in [4.69, 9.17) is 18.9 Å². The minimum atomic E-state index is -1.51. The number of rotatable bonds is 69. The van der Waals surface area contributed by atoms with Gasteiger partial charge in [-0.1, -0.05) is 324 Å². The number of carbonyl (C=O) groups is 3. The molecule has 0 rings (SSSR count). The van der Waals surface area contributed by atoms with Crippen LogP contribution in [-0.4, -0.2) is 87.4 Å². The van der Waals surface area contributed by atoms with Crippen molar-refractivity contribution in [3.05, 3.63) is 72.9 Å². The Labute approximate surface area is 538 Å². The largest absolute Gasteiger partial charge is 0.477 e. The van der Waals surface area contributed by atoms with Crippen LogP contribution in [0.2, 0.25) is 0 Å². The van der Waals surface area contributed by atoms with Crippen LogP contribution in [0.5, 0.6) is 0 Å². The summed E-state index contributed by atoms with van der Waals surface area (Å²) >= 11 is 0. The maximum Gasteiger partial charge on any atom is 0.361 e. The van der Waals surface area contributed by atoms with Gasteiger partial charge < -0.3 is 28.5 Å². The van der Waals surface area contributed by atoms with Crippen molar-refractivity contribution in [3.63, 3.8) is 0 Å². The fourth-order valence-corrected chi connectivity index (χ4v) is 10.8. The molecule has 0 saturated carbocycles. The lowest BCUT2D eigenvalue weighted by Crippen LogP contribution is -2.40. The van der Waals surface area contributed by atoms with Gasteiger partial charge in [0.25, 0.3) is 6.29 Å². The average Bonchev–Trinajstić information content (AvgIpc) is 3.57. The molecule has 0 aromatic heterocycles. The van der Waals surface area contributed by atoms with E-state index in [9.17, 15) is 19.5 Å². The molecule has 0 saturated heterocycles. The monoisotopic (exact) mass is 1220 g/mol. The Balaban J connectivity index is 4.01. The van der Waals surface area contributed by atoms with Crippen molar-refractivity contribution in [1.29, 1.82) is 0 Å². The highest BCUT2D eigenvalue weighted by Crippen LogP contribution is 2.19. The summed E-state index contributed by atoms with van der Waals surface area (Å²) in [6.07, 6.45) is 88.9.